The van der Waals surface area contributed by atoms with E-state index in [1.54, 1.807) is 11.5 Å². The van der Waals surface area contributed by atoms with E-state index in [1.165, 1.54) is 17.2 Å². The Labute approximate surface area is 103 Å². The molecule has 0 aromatic heterocycles. The third-order valence-electron chi connectivity index (χ3n) is 1.80. The van der Waals surface area contributed by atoms with Gasteiger partial charge in [-0.3, -0.25) is 0 Å². The van der Waals surface area contributed by atoms with Crippen molar-refractivity contribution in [3.8, 4) is 0 Å². The van der Waals surface area contributed by atoms with E-state index in [-0.39, 0.29) is 28.0 Å². The van der Waals surface area contributed by atoms with Crippen LogP contribution in [0.5, 0.6) is 0 Å². The number of hydrogen-bond donors (Lipinski definition) is 1. The fourth-order valence-electron chi connectivity index (χ4n) is 1.20. The van der Waals surface area contributed by atoms with Gasteiger partial charge in [0.25, 0.3) is 5.17 Å². The van der Waals surface area contributed by atoms with Crippen LogP contribution >= 0.6 is 11.8 Å². The van der Waals surface area contributed by atoms with Crippen LogP contribution in [-0.2, 0) is 9.84 Å². The number of hydrogen-bond acceptors (Lipinski definition) is 5. The highest BCUT2D eigenvalue weighted by atomic mass is 79.9. The Bertz CT molecular complexity index is 441. The van der Waals surface area contributed by atoms with Crippen molar-refractivity contribution in [1.29, 1.82) is 0 Å². The number of aliphatic imine (C=N–C) groups is 1. The lowest BCUT2D eigenvalue weighted by Crippen LogP contribution is -3.00. The first-order chi connectivity index (χ1) is 6.55. The van der Waals surface area contributed by atoms with E-state index in [0.29, 0.717) is 0 Å². The van der Waals surface area contributed by atoms with Gasteiger partial charge in [-0.15, -0.1) is 0 Å². The van der Waals surface area contributed by atoms with Crippen LogP contribution in [0, 0.1) is 0 Å². The maximum atomic E-state index is 11.1. The maximum absolute atomic E-state index is 11.1. The summed E-state index contributed by atoms with van der Waals surface area (Å²) in [5.74, 6) is 0.890. The Morgan fingerprint density at radius 3 is 2.80 bits per heavy atom. The molecule has 1 unspecified atom stereocenters. The minimum absolute atomic E-state index is 0. The number of halogens is 1. The molecule has 0 saturated carbocycles. The summed E-state index contributed by atoms with van der Waals surface area (Å²) in [6.45, 7) is 1.81. The summed E-state index contributed by atoms with van der Waals surface area (Å²) in [5.41, 5.74) is 1.67. The van der Waals surface area contributed by atoms with Gasteiger partial charge < -0.3 is 17.0 Å². The zero-order valence-corrected chi connectivity index (χ0v) is 11.1. The predicted molar refractivity (Wildman–Crippen MR) is 56.8 cm³/mol. The number of nitrogens with zero attached hydrogens (tertiary/aromatic N) is 2. The molecule has 2 aliphatic heterocycles. The molecular weight excluding hydrogens is 302 g/mol. The molecule has 0 aromatic rings. The summed E-state index contributed by atoms with van der Waals surface area (Å²) >= 11 is 1.43. The molecule has 15 heavy (non-hydrogen) atoms. The first kappa shape index (κ1) is 12.9. The zero-order chi connectivity index (χ0) is 10.2. The Balaban J connectivity index is 0.00000112. The quantitative estimate of drug-likeness (QED) is 0.507. The van der Waals surface area contributed by atoms with Gasteiger partial charge in [-0.1, -0.05) is 11.2 Å². The van der Waals surface area contributed by atoms with Gasteiger partial charge >= 0.3 is 0 Å². The molecule has 2 heterocycles. The lowest BCUT2D eigenvalue weighted by atomic mass is 10.5. The number of quaternary nitrogens is 1. The predicted octanol–water partition coefficient (Wildman–Crippen LogP) is -3.70. The molecule has 84 valence electrons. The Morgan fingerprint density at radius 2 is 2.33 bits per heavy atom. The van der Waals surface area contributed by atoms with Gasteiger partial charge in [0.15, 0.2) is 15.7 Å². The molecule has 0 aliphatic carbocycles. The summed E-state index contributed by atoms with van der Waals surface area (Å²) in [4.78, 5) is 4.15. The number of sulfone groups is 1. The molecule has 5 nitrogen and oxygen atoms in total. The van der Waals surface area contributed by atoms with Crippen molar-refractivity contribution in [1.82, 2.24) is 0 Å². The molecule has 0 amide bonds. The van der Waals surface area contributed by atoms with Crippen LogP contribution in [0.25, 0.3) is 0 Å². The van der Waals surface area contributed by atoms with Crippen LogP contribution in [0.1, 0.15) is 6.92 Å². The van der Waals surface area contributed by atoms with E-state index >= 15 is 0 Å². The minimum Gasteiger partial charge on any atom is -1.00 e. The summed E-state index contributed by atoms with van der Waals surface area (Å²) in [7, 11) is -2.96. The van der Waals surface area contributed by atoms with Gasteiger partial charge in [0.1, 0.15) is 0 Å². The molecule has 8 heteroatoms. The second kappa shape index (κ2) is 4.77. The first-order valence-corrected chi connectivity index (χ1v) is 6.69. The van der Waals surface area contributed by atoms with E-state index < -0.39 is 9.84 Å². The lowest BCUT2D eigenvalue weighted by Gasteiger charge is -2.00. The summed E-state index contributed by atoms with van der Waals surface area (Å²) < 4.78 is 22.2. The van der Waals surface area contributed by atoms with E-state index in [4.69, 9.17) is 0 Å². The van der Waals surface area contributed by atoms with Crippen LogP contribution in [0.3, 0.4) is 0 Å². The number of amidine groups is 2. The highest BCUT2D eigenvalue weighted by Gasteiger charge is 2.26. The monoisotopic (exact) mass is 311 g/mol. The fourth-order valence-corrected chi connectivity index (χ4v) is 4.01. The standard InChI is InChI=1S/C7H9N3O2S2.BrH/c1-5-8-7(10-9-5)13-6-2-3-14(11,12)4-6;/h2-3,6H,4H2,1H3,(H,8,9,10);1H. The Hall–Kier alpha value is -0.180. The van der Waals surface area contributed by atoms with E-state index in [9.17, 15) is 8.42 Å². The van der Waals surface area contributed by atoms with Crippen LogP contribution < -0.4 is 22.4 Å². The topological polar surface area (TPSA) is 75.5 Å². The van der Waals surface area contributed by atoms with Gasteiger partial charge in [-0.2, -0.15) is 10.4 Å². The van der Waals surface area contributed by atoms with Crippen LogP contribution in [0.2, 0.25) is 0 Å². The molecule has 0 bridgehead atoms. The number of thioether (sulfide) groups is 1. The van der Waals surface area contributed by atoms with Gasteiger partial charge in [0.2, 0.25) is 0 Å². The normalized spacial score (nSPS) is 27.1. The summed E-state index contributed by atoms with van der Waals surface area (Å²) in [6.07, 6.45) is 1.70. The minimum atomic E-state index is -2.96. The SMILES string of the molecule is CC1=N[NH2+]C(SC2C=CS(=O)(=O)C2)=N1.[Br-]. The van der Waals surface area contributed by atoms with Gasteiger partial charge in [-0.05, 0) is 11.8 Å². The molecule has 0 spiro atoms. The second-order valence-electron chi connectivity index (χ2n) is 3.07. The van der Waals surface area contributed by atoms with Gasteiger partial charge in [-0.25, -0.2) is 8.42 Å². The van der Waals surface area contributed by atoms with Crippen molar-refractivity contribution >= 4 is 32.6 Å². The Morgan fingerprint density at radius 1 is 1.60 bits per heavy atom. The molecule has 2 aliphatic rings. The highest BCUT2D eigenvalue weighted by molar-refractivity contribution is 8.14. The smallest absolute Gasteiger partial charge is 0.289 e. The molecule has 0 fully saturated rings. The second-order valence-corrected chi connectivity index (χ2v) is 6.26. The average Bonchev–Trinajstić information content (AvgIpc) is 2.59. The van der Waals surface area contributed by atoms with Crippen molar-refractivity contribution in [3.05, 3.63) is 11.5 Å². The zero-order valence-electron chi connectivity index (χ0n) is 7.92. The van der Waals surface area contributed by atoms with Crippen LogP contribution in [0.4, 0.5) is 0 Å². The summed E-state index contributed by atoms with van der Waals surface area (Å²) in [5, 5.41) is 6.03. The molecule has 0 saturated heterocycles. The van der Waals surface area contributed by atoms with E-state index in [1.807, 2.05) is 6.92 Å². The van der Waals surface area contributed by atoms with Crippen LogP contribution in [0.15, 0.2) is 21.6 Å². The molecule has 1 atom stereocenters. The van der Waals surface area contributed by atoms with Crippen molar-refractivity contribution in [2.75, 3.05) is 5.75 Å². The maximum Gasteiger partial charge on any atom is 0.289 e. The first-order valence-electron chi connectivity index (χ1n) is 4.09. The van der Waals surface area contributed by atoms with Crippen molar-refractivity contribution in [2.24, 2.45) is 10.1 Å². The fraction of sp³-hybridized carbons (Fsp3) is 0.429. The van der Waals surface area contributed by atoms with Gasteiger partial charge in [0, 0.05) is 17.6 Å². The third kappa shape index (κ3) is 3.40. The van der Waals surface area contributed by atoms with E-state index in [2.05, 4.69) is 10.1 Å². The van der Waals surface area contributed by atoms with Crippen LogP contribution in [-0.4, -0.2) is 30.4 Å². The molecular formula is C7H10BrN3O2S2. The molecule has 2 N–H and O–H groups in total. The molecule has 0 aromatic carbocycles. The Kier molecular flexibility index (Phi) is 4.10. The van der Waals surface area contributed by atoms with Crippen molar-refractivity contribution in [2.45, 2.75) is 12.2 Å². The number of rotatable bonds is 1. The highest BCUT2D eigenvalue weighted by Crippen LogP contribution is 2.21. The largest absolute Gasteiger partial charge is 1.00 e. The van der Waals surface area contributed by atoms with E-state index in [0.717, 1.165) is 11.0 Å². The number of nitrogens with two attached hydrogens (primary N) is 1. The van der Waals surface area contributed by atoms with Crippen molar-refractivity contribution < 1.29 is 30.8 Å². The third-order valence-corrected chi connectivity index (χ3v) is 4.47. The summed E-state index contributed by atoms with van der Waals surface area (Å²) in [6, 6.07) is 0. The molecule has 2 rings (SSSR count). The average molecular weight is 312 g/mol. The van der Waals surface area contributed by atoms with Gasteiger partial charge in [0.05, 0.1) is 5.75 Å². The lowest BCUT2D eigenvalue weighted by molar-refractivity contribution is -0.536. The van der Waals surface area contributed by atoms with Crippen molar-refractivity contribution in [3.63, 3.8) is 0 Å². The molecule has 0 radical (unpaired) electrons.